The van der Waals surface area contributed by atoms with Crippen LogP contribution in [0.5, 0.6) is 0 Å². The zero-order valence-electron chi connectivity index (χ0n) is 12.7. The molecule has 0 amide bonds. The van der Waals surface area contributed by atoms with E-state index in [9.17, 15) is 13.5 Å². The average molecular weight is 313 g/mol. The largest absolute Gasteiger partial charge is 0.397 e. The number of hydrogen-bond acceptors (Lipinski definition) is 5. The van der Waals surface area contributed by atoms with E-state index in [2.05, 4.69) is 0 Å². The number of hydrogen-bond donors (Lipinski definition) is 2. The molecule has 2 unspecified atom stereocenters. The smallest absolute Gasteiger partial charge is 0.242 e. The Kier molecular flexibility index (Phi) is 4.46. The topological polar surface area (TPSA) is 86.9 Å². The highest BCUT2D eigenvalue weighted by molar-refractivity contribution is 7.89. The van der Waals surface area contributed by atoms with Crippen molar-refractivity contribution in [1.29, 1.82) is 0 Å². The van der Waals surface area contributed by atoms with Crippen molar-refractivity contribution in [2.75, 3.05) is 37.8 Å². The van der Waals surface area contributed by atoms with Crippen molar-refractivity contribution in [2.45, 2.75) is 24.3 Å². The zero-order valence-corrected chi connectivity index (χ0v) is 13.5. The first kappa shape index (κ1) is 16.1. The Hall–Kier alpha value is -1.31. The molecule has 6 nitrogen and oxygen atoms in total. The second-order valence-corrected chi connectivity index (χ2v) is 7.90. The maximum Gasteiger partial charge on any atom is 0.242 e. The average Bonchev–Trinajstić information content (AvgIpc) is 2.88. The first-order valence-corrected chi connectivity index (χ1v) is 8.42. The number of nitrogens with two attached hydrogens (primary N) is 1. The molecule has 118 valence electrons. The molecular formula is C14H23N3O3S. The third-order valence-electron chi connectivity index (χ3n) is 4.03. The fourth-order valence-electron chi connectivity index (χ4n) is 2.57. The molecule has 1 aliphatic rings. The highest BCUT2D eigenvalue weighted by Gasteiger charge is 2.28. The Morgan fingerprint density at radius 2 is 2.10 bits per heavy atom. The lowest BCUT2D eigenvalue weighted by molar-refractivity contribution is 0.136. The monoisotopic (exact) mass is 313 g/mol. The minimum absolute atomic E-state index is 0.193. The van der Waals surface area contributed by atoms with Gasteiger partial charge in [0, 0.05) is 33.1 Å². The lowest BCUT2D eigenvalue weighted by atomic mass is 10.0. The van der Waals surface area contributed by atoms with E-state index in [0.717, 1.165) is 18.7 Å². The quantitative estimate of drug-likeness (QED) is 0.800. The molecule has 0 bridgehead atoms. The van der Waals surface area contributed by atoms with Crippen LogP contribution < -0.4 is 10.6 Å². The molecule has 1 aromatic rings. The normalized spacial score (nSPS) is 21.0. The molecule has 1 aromatic carbocycles. The fourth-order valence-corrected chi connectivity index (χ4v) is 3.49. The highest BCUT2D eigenvalue weighted by Crippen LogP contribution is 2.32. The van der Waals surface area contributed by atoms with Gasteiger partial charge in [-0.2, -0.15) is 0 Å². The maximum atomic E-state index is 12.2. The molecule has 2 rings (SSSR count). The lowest BCUT2D eigenvalue weighted by Crippen LogP contribution is -2.26. The summed E-state index contributed by atoms with van der Waals surface area (Å²) in [5, 5.41) is 9.68. The summed E-state index contributed by atoms with van der Waals surface area (Å²) in [6, 6.07) is 4.77. The fraction of sp³-hybridized carbons (Fsp3) is 0.571. The van der Waals surface area contributed by atoms with E-state index >= 15 is 0 Å². The maximum absolute atomic E-state index is 12.2. The van der Waals surface area contributed by atoms with Crippen LogP contribution in [0.2, 0.25) is 0 Å². The molecule has 1 aliphatic heterocycles. The summed E-state index contributed by atoms with van der Waals surface area (Å²) in [5.41, 5.74) is 7.28. The molecule has 2 atom stereocenters. The Morgan fingerprint density at radius 1 is 1.43 bits per heavy atom. The number of anilines is 2. The summed E-state index contributed by atoms with van der Waals surface area (Å²) in [5.74, 6) is 0.193. The van der Waals surface area contributed by atoms with Crippen molar-refractivity contribution < 1.29 is 13.5 Å². The predicted molar refractivity (Wildman–Crippen MR) is 83.7 cm³/mol. The Morgan fingerprint density at radius 3 is 2.62 bits per heavy atom. The molecule has 3 N–H and O–H groups in total. The zero-order chi connectivity index (χ0) is 15.8. The van der Waals surface area contributed by atoms with Gasteiger partial charge in [0.1, 0.15) is 0 Å². The van der Waals surface area contributed by atoms with Crippen LogP contribution in [0.15, 0.2) is 23.1 Å². The summed E-state index contributed by atoms with van der Waals surface area (Å²) in [4.78, 5) is 2.28. The van der Waals surface area contributed by atoms with Crippen molar-refractivity contribution in [2.24, 2.45) is 5.92 Å². The summed E-state index contributed by atoms with van der Waals surface area (Å²) in [6.45, 7) is 3.24. The molecule has 21 heavy (non-hydrogen) atoms. The standard InChI is InChI=1S/C14H23N3O3S/c1-10(18)11-6-7-17(9-11)14-8-12(4-5-13(14)15)21(19,20)16(2)3/h4-5,8,10-11,18H,6-7,9,15H2,1-3H3. The van der Waals surface area contributed by atoms with Crippen molar-refractivity contribution in [3.05, 3.63) is 18.2 Å². The number of rotatable bonds is 4. The van der Waals surface area contributed by atoms with Crippen LogP contribution in [-0.4, -0.2) is 51.1 Å². The second-order valence-electron chi connectivity index (χ2n) is 5.74. The highest BCUT2D eigenvalue weighted by atomic mass is 32.2. The first-order chi connectivity index (χ1) is 9.73. The number of nitrogen functional groups attached to an aromatic ring is 1. The van der Waals surface area contributed by atoms with E-state index in [1.165, 1.54) is 24.5 Å². The number of benzene rings is 1. The van der Waals surface area contributed by atoms with E-state index < -0.39 is 10.0 Å². The number of nitrogens with zero attached hydrogens (tertiary/aromatic N) is 2. The molecular weight excluding hydrogens is 290 g/mol. The SMILES string of the molecule is CC(O)C1CCN(c2cc(S(=O)(=O)N(C)C)ccc2N)C1. The van der Waals surface area contributed by atoms with Crippen molar-refractivity contribution in [3.8, 4) is 0 Å². The van der Waals surface area contributed by atoms with Gasteiger partial charge < -0.3 is 15.7 Å². The molecule has 0 spiro atoms. The van der Waals surface area contributed by atoms with E-state index in [1.54, 1.807) is 19.1 Å². The van der Waals surface area contributed by atoms with Gasteiger partial charge in [0.15, 0.2) is 0 Å². The molecule has 0 aromatic heterocycles. The van der Waals surface area contributed by atoms with Crippen LogP contribution in [0, 0.1) is 5.92 Å². The summed E-state index contributed by atoms with van der Waals surface area (Å²) >= 11 is 0. The van der Waals surface area contributed by atoms with Gasteiger partial charge in [-0.25, -0.2) is 12.7 Å². The predicted octanol–water partition coefficient (Wildman–Crippen LogP) is 0.726. The second kappa shape index (κ2) is 5.82. The Balaban J connectivity index is 2.33. The van der Waals surface area contributed by atoms with Crippen LogP contribution in [-0.2, 0) is 10.0 Å². The van der Waals surface area contributed by atoms with Crippen LogP contribution in [0.3, 0.4) is 0 Å². The third-order valence-corrected chi connectivity index (χ3v) is 5.84. The van der Waals surface area contributed by atoms with E-state index in [1.807, 2.05) is 4.90 Å². The van der Waals surface area contributed by atoms with Gasteiger partial charge in [-0.1, -0.05) is 0 Å². The van der Waals surface area contributed by atoms with E-state index in [4.69, 9.17) is 5.73 Å². The number of aliphatic hydroxyl groups is 1. The van der Waals surface area contributed by atoms with Crippen LogP contribution in [0.25, 0.3) is 0 Å². The van der Waals surface area contributed by atoms with Crippen molar-refractivity contribution in [3.63, 3.8) is 0 Å². The lowest BCUT2D eigenvalue weighted by Gasteiger charge is -2.22. The molecule has 0 aliphatic carbocycles. The van der Waals surface area contributed by atoms with Crippen molar-refractivity contribution >= 4 is 21.4 Å². The van der Waals surface area contributed by atoms with Gasteiger partial charge in [0.25, 0.3) is 0 Å². The summed E-state index contributed by atoms with van der Waals surface area (Å²) < 4.78 is 25.6. The Labute approximate surface area is 126 Å². The number of sulfonamides is 1. The van der Waals surface area contributed by atoms with Gasteiger partial charge in [-0.05, 0) is 31.5 Å². The minimum Gasteiger partial charge on any atom is -0.397 e. The molecule has 7 heteroatoms. The summed E-state index contributed by atoms with van der Waals surface area (Å²) in [7, 11) is -0.465. The van der Waals surface area contributed by atoms with Crippen LogP contribution >= 0.6 is 0 Å². The van der Waals surface area contributed by atoms with Crippen LogP contribution in [0.1, 0.15) is 13.3 Å². The molecule has 0 radical (unpaired) electrons. The molecule has 1 heterocycles. The van der Waals surface area contributed by atoms with Crippen molar-refractivity contribution in [1.82, 2.24) is 4.31 Å². The third kappa shape index (κ3) is 3.14. The Bertz CT molecular complexity index is 614. The summed E-state index contributed by atoms with van der Waals surface area (Å²) in [6.07, 6.45) is 0.506. The number of aliphatic hydroxyl groups excluding tert-OH is 1. The van der Waals surface area contributed by atoms with Gasteiger partial charge in [0.2, 0.25) is 10.0 Å². The van der Waals surface area contributed by atoms with Gasteiger partial charge in [-0.15, -0.1) is 0 Å². The van der Waals surface area contributed by atoms with Crippen LogP contribution in [0.4, 0.5) is 11.4 Å². The van der Waals surface area contributed by atoms with E-state index in [-0.39, 0.29) is 16.9 Å². The van der Waals surface area contributed by atoms with Gasteiger partial charge in [-0.3, -0.25) is 0 Å². The van der Waals surface area contributed by atoms with Gasteiger partial charge in [0.05, 0.1) is 22.4 Å². The molecule has 0 saturated carbocycles. The van der Waals surface area contributed by atoms with E-state index in [0.29, 0.717) is 12.2 Å². The first-order valence-electron chi connectivity index (χ1n) is 6.98. The molecule has 1 saturated heterocycles. The molecule has 1 fully saturated rings. The minimum atomic E-state index is -3.47. The van der Waals surface area contributed by atoms with Gasteiger partial charge >= 0.3 is 0 Å².